The number of hydrogen-bond acceptors (Lipinski definition) is 2. The van der Waals surface area contributed by atoms with Crippen LogP contribution >= 0.6 is 0 Å². The number of carbonyl (C=O) groups is 2. The maximum Gasteiger partial charge on any atom is 0.230 e. The second-order valence-corrected chi connectivity index (χ2v) is 7.29. The Bertz CT molecular complexity index is 591. The molecule has 0 aliphatic heterocycles. The molecule has 2 rings (SSSR count). The Hall–Kier alpha value is -1.84. The Balaban J connectivity index is 1.95. The van der Waals surface area contributed by atoms with Gasteiger partial charge in [0.15, 0.2) is 0 Å². The Morgan fingerprint density at radius 1 is 1.16 bits per heavy atom. The number of anilines is 1. The topological polar surface area (TPSA) is 49.4 Å². The van der Waals surface area contributed by atoms with E-state index in [1.54, 1.807) is 0 Å². The van der Waals surface area contributed by atoms with Crippen molar-refractivity contribution in [2.45, 2.75) is 65.8 Å². The summed E-state index contributed by atoms with van der Waals surface area (Å²) in [6, 6.07) is 8.33. The summed E-state index contributed by atoms with van der Waals surface area (Å²) in [6.07, 6.45) is 4.18. The number of hydrogen-bond donors (Lipinski definition) is 1. The van der Waals surface area contributed by atoms with E-state index in [4.69, 9.17) is 0 Å². The molecule has 1 aromatic rings. The molecular weight excluding hydrogens is 312 g/mol. The first-order valence-corrected chi connectivity index (χ1v) is 9.64. The molecule has 0 bridgehead atoms. The molecule has 1 aromatic carbocycles. The molecule has 1 aliphatic carbocycles. The first-order valence-electron chi connectivity index (χ1n) is 9.64. The van der Waals surface area contributed by atoms with Crippen LogP contribution in [-0.2, 0) is 9.59 Å². The highest BCUT2D eigenvalue weighted by Crippen LogP contribution is 2.31. The third kappa shape index (κ3) is 5.07. The number of nitrogens with zero attached hydrogens (tertiary/aromatic N) is 1. The molecule has 138 valence electrons. The zero-order chi connectivity index (χ0) is 18.4. The molecule has 1 N–H and O–H groups in total. The van der Waals surface area contributed by atoms with Crippen LogP contribution in [0.4, 0.5) is 5.69 Å². The molecule has 0 heterocycles. The molecule has 4 nitrogen and oxygen atoms in total. The van der Waals surface area contributed by atoms with Gasteiger partial charge in [0.1, 0.15) is 0 Å². The van der Waals surface area contributed by atoms with Gasteiger partial charge in [-0.1, -0.05) is 19.1 Å². The summed E-state index contributed by atoms with van der Waals surface area (Å²) < 4.78 is 0. The van der Waals surface area contributed by atoms with E-state index in [0.717, 1.165) is 43.4 Å². The van der Waals surface area contributed by atoms with Gasteiger partial charge in [-0.3, -0.25) is 9.59 Å². The van der Waals surface area contributed by atoms with E-state index in [1.165, 1.54) is 0 Å². The zero-order valence-electron chi connectivity index (χ0n) is 16.0. The maximum atomic E-state index is 13.0. The lowest BCUT2D eigenvalue weighted by Crippen LogP contribution is -2.41. The van der Waals surface area contributed by atoms with Crippen molar-refractivity contribution < 1.29 is 9.59 Å². The molecule has 4 heteroatoms. The largest absolute Gasteiger partial charge is 0.353 e. The smallest absolute Gasteiger partial charge is 0.230 e. The summed E-state index contributed by atoms with van der Waals surface area (Å²) >= 11 is 0. The first-order chi connectivity index (χ1) is 12.0. The van der Waals surface area contributed by atoms with Gasteiger partial charge < -0.3 is 10.2 Å². The van der Waals surface area contributed by atoms with Gasteiger partial charge in [-0.15, -0.1) is 0 Å². The monoisotopic (exact) mass is 344 g/mol. The maximum absolute atomic E-state index is 13.0. The fourth-order valence-electron chi connectivity index (χ4n) is 3.55. The molecule has 1 fully saturated rings. The van der Waals surface area contributed by atoms with E-state index in [0.29, 0.717) is 6.54 Å². The molecule has 1 saturated carbocycles. The minimum Gasteiger partial charge on any atom is -0.353 e. The molecule has 25 heavy (non-hydrogen) atoms. The van der Waals surface area contributed by atoms with Crippen molar-refractivity contribution in [1.29, 1.82) is 0 Å². The molecule has 0 aromatic heterocycles. The molecule has 0 radical (unpaired) electrons. The predicted octanol–water partition coefficient (Wildman–Crippen LogP) is 4.07. The lowest BCUT2D eigenvalue weighted by atomic mass is 9.80. The van der Waals surface area contributed by atoms with Crippen LogP contribution in [0.2, 0.25) is 0 Å². The summed E-state index contributed by atoms with van der Waals surface area (Å²) in [5.74, 6) is 0.459. The average Bonchev–Trinajstić information content (AvgIpc) is 2.62. The van der Waals surface area contributed by atoms with Gasteiger partial charge in [-0.2, -0.15) is 0 Å². The molecule has 0 spiro atoms. The van der Waals surface area contributed by atoms with Crippen molar-refractivity contribution in [2.24, 2.45) is 11.8 Å². The van der Waals surface area contributed by atoms with Gasteiger partial charge in [0, 0.05) is 30.1 Å². The highest BCUT2D eigenvalue weighted by Gasteiger charge is 2.32. The molecule has 1 unspecified atom stereocenters. The van der Waals surface area contributed by atoms with Crippen LogP contribution in [-0.4, -0.2) is 24.4 Å². The Morgan fingerprint density at radius 3 is 2.36 bits per heavy atom. The summed E-state index contributed by atoms with van der Waals surface area (Å²) in [6.45, 7) is 8.85. The Morgan fingerprint density at radius 2 is 1.80 bits per heavy atom. The van der Waals surface area contributed by atoms with E-state index in [1.807, 2.05) is 43.9 Å². The fraction of sp³-hybridized carbons (Fsp3) is 0.619. The number of aryl methyl sites for hydroxylation is 1. The molecular formula is C21H32N2O2. The van der Waals surface area contributed by atoms with Gasteiger partial charge in [0.05, 0.1) is 0 Å². The minimum absolute atomic E-state index is 0.0353. The second kappa shape index (κ2) is 9.02. The van der Waals surface area contributed by atoms with Crippen molar-refractivity contribution in [3.8, 4) is 0 Å². The van der Waals surface area contributed by atoms with Crippen LogP contribution in [0.3, 0.4) is 0 Å². The summed E-state index contributed by atoms with van der Waals surface area (Å²) in [5, 5.41) is 3.08. The summed E-state index contributed by atoms with van der Waals surface area (Å²) in [7, 11) is 0. The number of rotatable bonds is 6. The van der Waals surface area contributed by atoms with Gasteiger partial charge in [0.25, 0.3) is 0 Å². The lowest BCUT2D eigenvalue weighted by Gasteiger charge is -2.32. The number of carbonyl (C=O) groups excluding carboxylic acids is 2. The van der Waals surface area contributed by atoms with Gasteiger partial charge in [-0.05, 0) is 70.6 Å². The third-order valence-electron chi connectivity index (χ3n) is 5.34. The standard InChI is InChI=1S/C21H32N2O2/c1-5-16(4)22-20(24)17-10-12-18(13-11-17)21(25)23(6-2)19-9-7-8-15(3)14-19/h7-9,14,16-18H,5-6,10-13H2,1-4H3,(H,22,24). The molecule has 1 atom stereocenters. The Kier molecular flexibility index (Phi) is 7.03. The van der Waals surface area contributed by atoms with Crippen molar-refractivity contribution in [3.63, 3.8) is 0 Å². The van der Waals surface area contributed by atoms with Crippen LogP contribution in [0.5, 0.6) is 0 Å². The fourth-order valence-corrected chi connectivity index (χ4v) is 3.55. The first kappa shape index (κ1) is 19.5. The predicted molar refractivity (Wildman–Crippen MR) is 103 cm³/mol. The molecule has 0 saturated heterocycles. The van der Waals surface area contributed by atoms with Crippen LogP contribution < -0.4 is 10.2 Å². The van der Waals surface area contributed by atoms with Gasteiger partial charge in [-0.25, -0.2) is 0 Å². The minimum atomic E-state index is 0.0353. The van der Waals surface area contributed by atoms with Crippen molar-refractivity contribution in [1.82, 2.24) is 5.32 Å². The van der Waals surface area contributed by atoms with Crippen LogP contribution in [0.25, 0.3) is 0 Å². The van der Waals surface area contributed by atoms with Crippen LogP contribution in [0.1, 0.15) is 58.4 Å². The van der Waals surface area contributed by atoms with E-state index < -0.39 is 0 Å². The number of benzene rings is 1. The van der Waals surface area contributed by atoms with Crippen molar-refractivity contribution >= 4 is 17.5 Å². The van der Waals surface area contributed by atoms with Crippen LogP contribution in [0.15, 0.2) is 24.3 Å². The van der Waals surface area contributed by atoms with Crippen LogP contribution in [0, 0.1) is 18.8 Å². The van der Waals surface area contributed by atoms with E-state index in [-0.39, 0.29) is 29.7 Å². The molecule has 2 amide bonds. The Labute approximate surface area is 152 Å². The zero-order valence-corrected chi connectivity index (χ0v) is 16.0. The van der Waals surface area contributed by atoms with E-state index >= 15 is 0 Å². The van der Waals surface area contributed by atoms with E-state index in [9.17, 15) is 9.59 Å². The third-order valence-corrected chi connectivity index (χ3v) is 5.34. The number of nitrogens with one attached hydrogen (secondary N) is 1. The van der Waals surface area contributed by atoms with Gasteiger partial charge >= 0.3 is 0 Å². The van der Waals surface area contributed by atoms with Gasteiger partial charge in [0.2, 0.25) is 11.8 Å². The van der Waals surface area contributed by atoms with E-state index in [2.05, 4.69) is 18.3 Å². The number of amides is 2. The highest BCUT2D eigenvalue weighted by molar-refractivity contribution is 5.95. The van der Waals surface area contributed by atoms with Crippen molar-refractivity contribution in [3.05, 3.63) is 29.8 Å². The van der Waals surface area contributed by atoms with Crippen molar-refractivity contribution in [2.75, 3.05) is 11.4 Å². The molecule has 1 aliphatic rings. The second-order valence-electron chi connectivity index (χ2n) is 7.29. The summed E-state index contributed by atoms with van der Waals surface area (Å²) in [5.41, 5.74) is 2.14. The quantitative estimate of drug-likeness (QED) is 0.846. The average molecular weight is 344 g/mol. The SMILES string of the molecule is CCC(C)NC(=O)C1CCC(C(=O)N(CC)c2cccc(C)c2)CC1. The summed E-state index contributed by atoms with van der Waals surface area (Å²) in [4.78, 5) is 27.1. The highest BCUT2D eigenvalue weighted by atomic mass is 16.2. The lowest BCUT2D eigenvalue weighted by molar-refractivity contribution is -0.129. The normalized spacial score (nSPS) is 21.4.